The lowest BCUT2D eigenvalue weighted by atomic mass is 9.36. The van der Waals surface area contributed by atoms with Crippen molar-refractivity contribution < 1.29 is 29.6 Å². The van der Waals surface area contributed by atoms with Gasteiger partial charge >= 0.3 is 11.9 Å². The highest BCUT2D eigenvalue weighted by Gasteiger charge is 2.70. The van der Waals surface area contributed by atoms with Crippen molar-refractivity contribution in [1.82, 2.24) is 0 Å². The molecule has 0 aromatic heterocycles. The van der Waals surface area contributed by atoms with Crippen molar-refractivity contribution in [3.63, 3.8) is 0 Å². The third kappa shape index (κ3) is 4.40. The predicted molar refractivity (Wildman–Crippen MR) is 143 cm³/mol. The van der Waals surface area contributed by atoms with Gasteiger partial charge < -0.3 is 20.1 Å². The van der Waals surface area contributed by atoms with E-state index in [2.05, 4.69) is 27.7 Å². The molecule has 0 heterocycles. The Hall–Kier alpha value is -1.66. The molecule has 4 aliphatic rings. The molecule has 0 spiro atoms. The Morgan fingerprint density at radius 3 is 2.30 bits per heavy atom. The van der Waals surface area contributed by atoms with E-state index in [1.165, 1.54) is 6.92 Å². The molecule has 10 atom stereocenters. The molecule has 6 nitrogen and oxygen atoms in total. The van der Waals surface area contributed by atoms with Crippen molar-refractivity contribution >= 4 is 11.9 Å². The first-order valence-corrected chi connectivity index (χ1v) is 14.3. The lowest BCUT2D eigenvalue weighted by molar-refractivity contribution is -0.234. The summed E-state index contributed by atoms with van der Waals surface area (Å²) in [6, 6.07) is 0. The Balaban J connectivity index is 1.82. The van der Waals surface area contributed by atoms with Crippen LogP contribution in [0.5, 0.6) is 0 Å². The van der Waals surface area contributed by atoms with Crippen LogP contribution in [0.15, 0.2) is 22.8 Å². The van der Waals surface area contributed by atoms with Gasteiger partial charge in [-0.15, -0.1) is 0 Å². The zero-order valence-corrected chi connectivity index (χ0v) is 23.8. The number of carboxylic acid groups (broad SMARTS) is 1. The molecule has 0 aromatic rings. The molecule has 0 aliphatic heterocycles. The van der Waals surface area contributed by atoms with Gasteiger partial charge in [-0.05, 0) is 111 Å². The van der Waals surface area contributed by atoms with E-state index in [1.54, 1.807) is 0 Å². The van der Waals surface area contributed by atoms with E-state index in [1.807, 2.05) is 19.9 Å². The van der Waals surface area contributed by atoms with Gasteiger partial charge in [-0.3, -0.25) is 4.79 Å². The molecule has 6 heteroatoms. The highest BCUT2D eigenvalue weighted by molar-refractivity contribution is 5.88. The van der Waals surface area contributed by atoms with Gasteiger partial charge in [0.05, 0.1) is 12.2 Å². The normalized spacial score (nSPS) is 46.2. The number of hydrogen-bond acceptors (Lipinski definition) is 5. The molecule has 4 fully saturated rings. The fourth-order valence-electron chi connectivity index (χ4n) is 9.79. The van der Waals surface area contributed by atoms with E-state index in [0.29, 0.717) is 37.2 Å². The largest absolute Gasteiger partial charge is 0.478 e. The van der Waals surface area contributed by atoms with Crippen LogP contribution in [0.25, 0.3) is 0 Å². The minimum atomic E-state index is -0.953. The maximum Gasteiger partial charge on any atom is 0.331 e. The van der Waals surface area contributed by atoms with Gasteiger partial charge in [0.15, 0.2) is 0 Å². The number of allylic oxidation sites excluding steroid dienone is 2. The molecule has 0 radical (unpaired) electrons. The molecule has 0 bridgehead atoms. The van der Waals surface area contributed by atoms with Gasteiger partial charge in [0.2, 0.25) is 0 Å². The second-order valence-electron chi connectivity index (χ2n) is 13.6. The van der Waals surface area contributed by atoms with Crippen LogP contribution in [-0.4, -0.2) is 45.6 Å². The van der Waals surface area contributed by atoms with E-state index in [4.69, 9.17) is 4.74 Å². The van der Waals surface area contributed by atoms with Crippen molar-refractivity contribution in [3.8, 4) is 0 Å². The lowest BCUT2D eigenvalue weighted by Gasteiger charge is -2.69. The molecule has 0 aromatic carbocycles. The molecule has 4 rings (SSSR count). The van der Waals surface area contributed by atoms with Crippen LogP contribution in [0.4, 0.5) is 0 Å². The summed E-state index contributed by atoms with van der Waals surface area (Å²) in [6.07, 6.45) is 6.22. The standard InChI is InChI=1S/C31H48O6/c1-17(2)9-8-10-20(28(35)36)26-22-15-24(34)27-29(5)13-12-23(33)18(3)21(29)11-14-30(27,6)31(22,7)16-25(26)37-19(4)32/h9,18,21-25,27,33-34H,8,10-16H2,1-7H3,(H,35,36)/b26-20+. The van der Waals surface area contributed by atoms with Gasteiger partial charge in [0, 0.05) is 12.5 Å². The summed E-state index contributed by atoms with van der Waals surface area (Å²) in [5.41, 5.74) is 1.57. The summed E-state index contributed by atoms with van der Waals surface area (Å²) >= 11 is 0. The minimum Gasteiger partial charge on any atom is -0.478 e. The van der Waals surface area contributed by atoms with Crippen molar-refractivity contribution in [2.45, 2.75) is 118 Å². The Labute approximate surface area is 222 Å². The van der Waals surface area contributed by atoms with Crippen molar-refractivity contribution in [3.05, 3.63) is 22.8 Å². The van der Waals surface area contributed by atoms with Crippen LogP contribution in [0.2, 0.25) is 0 Å². The summed E-state index contributed by atoms with van der Waals surface area (Å²) in [4.78, 5) is 24.8. The van der Waals surface area contributed by atoms with Crippen LogP contribution >= 0.6 is 0 Å². The molecule has 4 saturated carbocycles. The van der Waals surface area contributed by atoms with Crippen molar-refractivity contribution in [2.75, 3.05) is 0 Å². The van der Waals surface area contributed by atoms with Gasteiger partial charge in [0.25, 0.3) is 0 Å². The third-order valence-corrected chi connectivity index (χ3v) is 11.6. The van der Waals surface area contributed by atoms with E-state index < -0.39 is 24.1 Å². The number of fused-ring (bicyclic) bond motifs is 5. The molecule has 0 amide bonds. The number of carboxylic acids is 1. The quantitative estimate of drug-likeness (QED) is 0.247. The lowest BCUT2D eigenvalue weighted by Crippen LogP contribution is -2.65. The zero-order chi connectivity index (χ0) is 27.5. The number of aliphatic carboxylic acids is 1. The SMILES string of the molecule is CC(=O)OC1CC2(C)C(CC(O)C3C4(C)CCC(O)C(C)C4CCC32C)/C1=C(/CCC=C(C)C)C(=O)O. The second kappa shape index (κ2) is 9.82. The first kappa shape index (κ1) is 28.4. The second-order valence-corrected chi connectivity index (χ2v) is 13.6. The number of ether oxygens (including phenoxy) is 1. The average molecular weight is 517 g/mol. The number of aliphatic hydroxyl groups is 2. The maximum absolute atomic E-state index is 12.6. The van der Waals surface area contributed by atoms with Crippen LogP contribution < -0.4 is 0 Å². The minimum absolute atomic E-state index is 0.0474. The first-order valence-electron chi connectivity index (χ1n) is 14.3. The summed E-state index contributed by atoms with van der Waals surface area (Å²) in [5, 5.41) is 32.9. The fourth-order valence-corrected chi connectivity index (χ4v) is 9.79. The van der Waals surface area contributed by atoms with Crippen molar-refractivity contribution in [2.24, 2.45) is 39.9 Å². The van der Waals surface area contributed by atoms with Gasteiger partial charge in [-0.25, -0.2) is 4.79 Å². The highest BCUT2D eigenvalue weighted by atomic mass is 16.5. The van der Waals surface area contributed by atoms with Crippen LogP contribution in [0.1, 0.15) is 99.8 Å². The zero-order valence-electron chi connectivity index (χ0n) is 23.8. The smallest absolute Gasteiger partial charge is 0.331 e. The number of aliphatic hydroxyl groups excluding tert-OH is 2. The summed E-state index contributed by atoms with van der Waals surface area (Å²) in [7, 11) is 0. The monoisotopic (exact) mass is 516 g/mol. The number of carbonyl (C=O) groups is 2. The van der Waals surface area contributed by atoms with E-state index in [9.17, 15) is 24.9 Å². The summed E-state index contributed by atoms with van der Waals surface area (Å²) in [6.45, 7) is 14.5. The van der Waals surface area contributed by atoms with E-state index >= 15 is 0 Å². The highest BCUT2D eigenvalue weighted by Crippen LogP contribution is 2.74. The maximum atomic E-state index is 12.6. The average Bonchev–Trinajstić information content (AvgIpc) is 3.05. The van der Waals surface area contributed by atoms with Crippen LogP contribution in [-0.2, 0) is 14.3 Å². The topological polar surface area (TPSA) is 104 Å². The Kier molecular flexibility index (Phi) is 7.53. The number of rotatable bonds is 5. The molecule has 3 N–H and O–H groups in total. The predicted octanol–water partition coefficient (Wildman–Crippen LogP) is 5.67. The number of carbonyl (C=O) groups excluding carboxylic acids is 1. The summed E-state index contributed by atoms with van der Waals surface area (Å²) in [5.74, 6) is -0.909. The van der Waals surface area contributed by atoms with Crippen molar-refractivity contribution in [1.29, 1.82) is 0 Å². The molecule has 4 aliphatic carbocycles. The Morgan fingerprint density at radius 2 is 1.70 bits per heavy atom. The van der Waals surface area contributed by atoms with E-state index in [0.717, 1.165) is 36.8 Å². The fraction of sp³-hybridized carbons (Fsp3) is 0.806. The molecule has 0 saturated heterocycles. The summed E-state index contributed by atoms with van der Waals surface area (Å²) < 4.78 is 5.87. The van der Waals surface area contributed by atoms with Gasteiger partial charge in [-0.2, -0.15) is 0 Å². The molecule has 10 unspecified atom stereocenters. The van der Waals surface area contributed by atoms with Crippen LogP contribution in [0, 0.1) is 39.9 Å². The molecule has 37 heavy (non-hydrogen) atoms. The van der Waals surface area contributed by atoms with Gasteiger partial charge in [0.1, 0.15) is 6.10 Å². The van der Waals surface area contributed by atoms with Crippen LogP contribution in [0.3, 0.4) is 0 Å². The first-order chi connectivity index (χ1) is 17.2. The van der Waals surface area contributed by atoms with Gasteiger partial charge in [-0.1, -0.05) is 39.3 Å². The molecular weight excluding hydrogens is 468 g/mol. The molecular formula is C31H48O6. The number of esters is 1. The Bertz CT molecular complexity index is 994. The van der Waals surface area contributed by atoms with E-state index in [-0.39, 0.29) is 40.1 Å². The molecule has 208 valence electrons. The third-order valence-electron chi connectivity index (χ3n) is 11.6. The number of hydrogen-bond donors (Lipinski definition) is 3. The Morgan fingerprint density at radius 1 is 1.03 bits per heavy atom.